The smallest absolute Gasteiger partial charge is 0.133 e. The molecule has 5 heteroatoms. The molecule has 2 heterocycles. The van der Waals surface area contributed by atoms with Crippen molar-refractivity contribution in [2.75, 3.05) is 11.9 Å². The van der Waals surface area contributed by atoms with E-state index in [4.69, 9.17) is 28.3 Å². The SMILES string of the molecule is Clc1ccc(-n2nc(-c3ccc4ccccc4c3)c3c2NCCCC3)cc1Cl. The molecule has 0 saturated heterocycles. The van der Waals surface area contributed by atoms with Crippen molar-refractivity contribution in [3.63, 3.8) is 0 Å². The molecule has 3 nitrogen and oxygen atoms in total. The lowest BCUT2D eigenvalue weighted by Crippen LogP contribution is -2.07. The van der Waals surface area contributed by atoms with Gasteiger partial charge in [0.15, 0.2) is 0 Å². The van der Waals surface area contributed by atoms with E-state index in [1.165, 1.54) is 16.3 Å². The summed E-state index contributed by atoms with van der Waals surface area (Å²) in [5, 5.41) is 12.1. The zero-order valence-electron chi connectivity index (χ0n) is 15.3. The van der Waals surface area contributed by atoms with Crippen molar-refractivity contribution < 1.29 is 0 Å². The van der Waals surface area contributed by atoms with Crippen molar-refractivity contribution >= 4 is 39.8 Å². The average Bonchev–Trinajstić information content (AvgIpc) is 2.91. The number of hydrogen-bond donors (Lipinski definition) is 1. The van der Waals surface area contributed by atoms with Crippen molar-refractivity contribution in [2.24, 2.45) is 0 Å². The molecule has 5 rings (SSSR count). The summed E-state index contributed by atoms with van der Waals surface area (Å²) in [6.45, 7) is 0.942. The summed E-state index contributed by atoms with van der Waals surface area (Å²) in [6.07, 6.45) is 3.30. The predicted molar refractivity (Wildman–Crippen MR) is 118 cm³/mol. The molecule has 1 aliphatic heterocycles. The number of aromatic nitrogens is 2. The topological polar surface area (TPSA) is 29.9 Å². The normalized spacial score (nSPS) is 13.8. The largest absolute Gasteiger partial charge is 0.370 e. The number of fused-ring (bicyclic) bond motifs is 2. The minimum atomic E-state index is 0.532. The first kappa shape index (κ1) is 17.6. The lowest BCUT2D eigenvalue weighted by atomic mass is 10.0. The number of anilines is 1. The van der Waals surface area contributed by atoms with Crippen LogP contribution in [0.15, 0.2) is 60.7 Å². The van der Waals surface area contributed by atoms with Crippen LogP contribution in [0.4, 0.5) is 5.82 Å². The minimum Gasteiger partial charge on any atom is -0.370 e. The zero-order valence-corrected chi connectivity index (χ0v) is 16.8. The molecule has 0 unspecified atom stereocenters. The van der Waals surface area contributed by atoms with E-state index in [9.17, 15) is 0 Å². The fourth-order valence-electron chi connectivity index (χ4n) is 3.87. The van der Waals surface area contributed by atoms with Crippen molar-refractivity contribution in [1.29, 1.82) is 0 Å². The van der Waals surface area contributed by atoms with Crippen molar-refractivity contribution in [3.8, 4) is 16.9 Å². The molecule has 140 valence electrons. The highest BCUT2D eigenvalue weighted by atomic mass is 35.5. The Hall–Kier alpha value is -2.49. The highest BCUT2D eigenvalue weighted by molar-refractivity contribution is 6.42. The van der Waals surface area contributed by atoms with Gasteiger partial charge in [-0.1, -0.05) is 59.6 Å². The number of rotatable bonds is 2. The van der Waals surface area contributed by atoms with Crippen molar-refractivity contribution in [2.45, 2.75) is 19.3 Å². The highest BCUT2D eigenvalue weighted by Gasteiger charge is 2.22. The Kier molecular flexibility index (Phi) is 4.50. The summed E-state index contributed by atoms with van der Waals surface area (Å²) < 4.78 is 1.97. The Labute approximate surface area is 173 Å². The van der Waals surface area contributed by atoms with Crippen LogP contribution in [-0.4, -0.2) is 16.3 Å². The van der Waals surface area contributed by atoms with Crippen LogP contribution in [0.1, 0.15) is 18.4 Å². The number of benzene rings is 3. The van der Waals surface area contributed by atoms with Gasteiger partial charge in [-0.25, -0.2) is 4.68 Å². The van der Waals surface area contributed by atoms with Crippen LogP contribution >= 0.6 is 23.2 Å². The first-order valence-electron chi connectivity index (χ1n) is 9.51. The van der Waals surface area contributed by atoms with Gasteiger partial charge in [-0.2, -0.15) is 5.10 Å². The quantitative estimate of drug-likeness (QED) is 0.398. The van der Waals surface area contributed by atoms with Crippen LogP contribution in [0.25, 0.3) is 27.7 Å². The molecule has 28 heavy (non-hydrogen) atoms. The standard InChI is InChI=1S/C23H19Cl2N3/c24-20-11-10-18(14-21(20)25)28-23-19(7-3-4-12-26-23)22(27-28)17-9-8-15-5-1-2-6-16(15)13-17/h1-2,5-6,8-11,13-14,26H,3-4,7,12H2. The van der Waals surface area contributed by atoms with Crippen LogP contribution in [0.3, 0.4) is 0 Å². The molecule has 0 spiro atoms. The van der Waals surface area contributed by atoms with Gasteiger partial charge in [0.05, 0.1) is 21.4 Å². The lowest BCUT2D eigenvalue weighted by molar-refractivity contribution is 0.780. The Morgan fingerprint density at radius 2 is 1.71 bits per heavy atom. The van der Waals surface area contributed by atoms with E-state index >= 15 is 0 Å². The van der Waals surface area contributed by atoms with Gasteiger partial charge in [-0.15, -0.1) is 0 Å². The van der Waals surface area contributed by atoms with E-state index in [2.05, 4.69) is 47.8 Å². The summed E-state index contributed by atoms with van der Waals surface area (Å²) in [7, 11) is 0. The number of nitrogens with zero attached hydrogens (tertiary/aromatic N) is 2. The maximum absolute atomic E-state index is 6.27. The van der Waals surface area contributed by atoms with Gasteiger partial charge in [0, 0.05) is 17.7 Å². The summed E-state index contributed by atoms with van der Waals surface area (Å²) in [4.78, 5) is 0. The van der Waals surface area contributed by atoms with Gasteiger partial charge < -0.3 is 5.32 Å². The van der Waals surface area contributed by atoms with Gasteiger partial charge >= 0.3 is 0 Å². The zero-order chi connectivity index (χ0) is 19.1. The number of halogens is 2. The van der Waals surface area contributed by atoms with E-state index in [1.54, 1.807) is 0 Å². The Balaban J connectivity index is 1.71. The molecule has 4 aromatic rings. The van der Waals surface area contributed by atoms with Crippen molar-refractivity contribution in [3.05, 3.63) is 76.3 Å². The van der Waals surface area contributed by atoms with E-state index in [1.807, 2.05) is 22.9 Å². The van der Waals surface area contributed by atoms with Gasteiger partial charge in [-0.05, 0) is 54.3 Å². The van der Waals surface area contributed by atoms with Crippen LogP contribution in [-0.2, 0) is 6.42 Å². The van der Waals surface area contributed by atoms with Crippen LogP contribution < -0.4 is 5.32 Å². The van der Waals surface area contributed by atoms with Crippen LogP contribution in [0.2, 0.25) is 10.0 Å². The Morgan fingerprint density at radius 3 is 2.57 bits per heavy atom. The molecule has 0 amide bonds. The third-order valence-electron chi connectivity index (χ3n) is 5.30. The van der Waals surface area contributed by atoms with Gasteiger partial charge in [0.2, 0.25) is 0 Å². The van der Waals surface area contributed by atoms with Crippen molar-refractivity contribution in [1.82, 2.24) is 9.78 Å². The maximum Gasteiger partial charge on any atom is 0.133 e. The third-order valence-corrected chi connectivity index (χ3v) is 6.04. The van der Waals surface area contributed by atoms with E-state index in [-0.39, 0.29) is 0 Å². The van der Waals surface area contributed by atoms with Gasteiger partial charge in [-0.3, -0.25) is 0 Å². The van der Waals surface area contributed by atoms with Crippen LogP contribution in [0, 0.1) is 0 Å². The summed E-state index contributed by atoms with van der Waals surface area (Å²) in [6, 6.07) is 20.6. The second-order valence-electron chi connectivity index (χ2n) is 7.13. The first-order chi connectivity index (χ1) is 13.7. The Morgan fingerprint density at radius 1 is 0.857 bits per heavy atom. The van der Waals surface area contributed by atoms with Gasteiger partial charge in [0.1, 0.15) is 5.82 Å². The maximum atomic E-state index is 6.27. The molecule has 0 saturated carbocycles. The van der Waals surface area contributed by atoms with E-state index in [0.29, 0.717) is 10.0 Å². The number of nitrogens with one attached hydrogen (secondary N) is 1. The second-order valence-corrected chi connectivity index (χ2v) is 7.95. The fraction of sp³-hybridized carbons (Fsp3) is 0.174. The second kappa shape index (κ2) is 7.16. The third kappa shape index (κ3) is 3.05. The monoisotopic (exact) mass is 407 g/mol. The molecule has 1 aliphatic rings. The molecule has 1 aromatic heterocycles. The lowest BCUT2D eigenvalue weighted by Gasteiger charge is -2.10. The summed E-state index contributed by atoms with van der Waals surface area (Å²) >= 11 is 12.4. The molecular weight excluding hydrogens is 389 g/mol. The van der Waals surface area contributed by atoms with E-state index < -0.39 is 0 Å². The van der Waals surface area contributed by atoms with Crippen LogP contribution in [0.5, 0.6) is 0 Å². The number of hydrogen-bond acceptors (Lipinski definition) is 2. The molecule has 0 fully saturated rings. The Bertz CT molecular complexity index is 1180. The molecule has 0 radical (unpaired) electrons. The average molecular weight is 408 g/mol. The summed E-state index contributed by atoms with van der Waals surface area (Å²) in [5.41, 5.74) is 4.34. The first-order valence-corrected chi connectivity index (χ1v) is 10.3. The minimum absolute atomic E-state index is 0.532. The predicted octanol–water partition coefficient (Wildman–Crippen LogP) is 6.75. The fourth-order valence-corrected chi connectivity index (χ4v) is 4.17. The molecule has 3 aromatic carbocycles. The summed E-state index contributed by atoms with van der Waals surface area (Å²) in [5.74, 6) is 1.05. The molecule has 0 aliphatic carbocycles. The molecular formula is C23H19Cl2N3. The highest BCUT2D eigenvalue weighted by Crippen LogP contribution is 2.36. The molecule has 1 N–H and O–H groups in total. The van der Waals surface area contributed by atoms with E-state index in [0.717, 1.165) is 48.6 Å². The molecule has 0 atom stereocenters. The van der Waals surface area contributed by atoms with Gasteiger partial charge in [0.25, 0.3) is 0 Å². The molecule has 0 bridgehead atoms.